The summed E-state index contributed by atoms with van der Waals surface area (Å²) in [5, 5.41) is 14.8. The quantitative estimate of drug-likeness (QED) is 0.910. The number of thiazole rings is 1. The van der Waals surface area contributed by atoms with Crippen molar-refractivity contribution in [3.8, 4) is 5.75 Å². The predicted molar refractivity (Wildman–Crippen MR) is 86.1 cm³/mol. The van der Waals surface area contributed by atoms with Gasteiger partial charge in [0.2, 0.25) is 0 Å². The van der Waals surface area contributed by atoms with Gasteiger partial charge in [-0.15, -0.1) is 11.3 Å². The van der Waals surface area contributed by atoms with Crippen molar-refractivity contribution in [2.75, 3.05) is 31.5 Å². The number of rotatable bonds is 3. The number of urea groups is 1. The van der Waals surface area contributed by atoms with Crippen molar-refractivity contribution in [3.05, 3.63) is 41.4 Å². The van der Waals surface area contributed by atoms with Crippen LogP contribution in [0.3, 0.4) is 0 Å². The summed E-state index contributed by atoms with van der Waals surface area (Å²) >= 11 is 1.42. The second-order valence-corrected chi connectivity index (χ2v) is 6.10. The molecule has 0 radical (unpaired) electrons. The first kappa shape index (κ1) is 14.8. The van der Waals surface area contributed by atoms with Crippen molar-refractivity contribution < 1.29 is 9.90 Å². The van der Waals surface area contributed by atoms with E-state index < -0.39 is 0 Å². The Morgan fingerprint density at radius 1 is 1.32 bits per heavy atom. The largest absolute Gasteiger partial charge is 0.508 e. The number of phenols is 1. The number of nitrogens with one attached hydrogen (secondary N) is 1. The molecule has 3 rings (SSSR count). The number of aromatic hydroxyl groups is 1. The molecule has 0 unspecified atom stereocenters. The number of aromatic nitrogens is 1. The second-order valence-electron chi connectivity index (χ2n) is 5.20. The molecular weight excluding hydrogens is 300 g/mol. The Balaban J connectivity index is 1.49. The van der Waals surface area contributed by atoms with Crippen molar-refractivity contribution in [2.24, 2.45) is 0 Å². The first-order valence-electron chi connectivity index (χ1n) is 7.16. The molecule has 0 atom stereocenters. The van der Waals surface area contributed by atoms with E-state index in [4.69, 9.17) is 0 Å². The molecule has 6 nitrogen and oxygen atoms in total. The number of phenolic OH excluding ortho intramolecular Hbond substituents is 1. The van der Waals surface area contributed by atoms with Gasteiger partial charge in [-0.3, -0.25) is 10.2 Å². The van der Waals surface area contributed by atoms with Gasteiger partial charge in [0.25, 0.3) is 0 Å². The number of hydrogen-bond acceptors (Lipinski definition) is 5. The van der Waals surface area contributed by atoms with E-state index in [1.54, 1.807) is 23.2 Å². The lowest BCUT2D eigenvalue weighted by atomic mass is 10.2. The maximum absolute atomic E-state index is 12.1. The third kappa shape index (κ3) is 3.75. The third-order valence-corrected chi connectivity index (χ3v) is 4.31. The van der Waals surface area contributed by atoms with Crippen molar-refractivity contribution in [2.45, 2.75) is 6.54 Å². The average molecular weight is 318 g/mol. The molecule has 22 heavy (non-hydrogen) atoms. The maximum atomic E-state index is 12.1. The second kappa shape index (κ2) is 6.76. The molecule has 0 saturated carbocycles. The summed E-state index contributed by atoms with van der Waals surface area (Å²) in [6.07, 6.45) is 1.67. The number of amides is 2. The van der Waals surface area contributed by atoms with Gasteiger partial charge in [-0.05, 0) is 17.7 Å². The first-order chi connectivity index (χ1) is 10.7. The summed E-state index contributed by atoms with van der Waals surface area (Å²) in [5.41, 5.74) is 1.08. The zero-order valence-electron chi connectivity index (χ0n) is 12.1. The van der Waals surface area contributed by atoms with Crippen molar-refractivity contribution in [1.29, 1.82) is 0 Å². The molecule has 2 N–H and O–H groups in total. The van der Waals surface area contributed by atoms with E-state index >= 15 is 0 Å². The lowest BCUT2D eigenvalue weighted by Gasteiger charge is -2.34. The van der Waals surface area contributed by atoms with Crippen LogP contribution >= 0.6 is 11.3 Å². The number of anilines is 1. The Hall–Kier alpha value is -2.12. The van der Waals surface area contributed by atoms with Crippen LogP contribution in [0, 0.1) is 0 Å². The van der Waals surface area contributed by atoms with Crippen LogP contribution in [-0.2, 0) is 6.54 Å². The average Bonchev–Trinajstić information content (AvgIpc) is 3.01. The molecule has 2 amide bonds. The van der Waals surface area contributed by atoms with Crippen LogP contribution in [0.4, 0.5) is 9.93 Å². The molecular formula is C15H18N4O2S. The van der Waals surface area contributed by atoms with Gasteiger partial charge in [0.05, 0.1) is 0 Å². The molecule has 1 aromatic carbocycles. The van der Waals surface area contributed by atoms with Gasteiger partial charge in [0.1, 0.15) is 5.75 Å². The lowest BCUT2D eigenvalue weighted by Crippen LogP contribution is -2.49. The third-order valence-electron chi connectivity index (χ3n) is 3.62. The molecule has 116 valence electrons. The van der Waals surface area contributed by atoms with Gasteiger partial charge in [-0.1, -0.05) is 12.1 Å². The van der Waals surface area contributed by atoms with Crippen molar-refractivity contribution in [1.82, 2.24) is 14.8 Å². The minimum absolute atomic E-state index is 0.0908. The highest BCUT2D eigenvalue weighted by Crippen LogP contribution is 2.15. The Bertz CT molecular complexity index is 624. The lowest BCUT2D eigenvalue weighted by molar-refractivity contribution is 0.143. The topological polar surface area (TPSA) is 68.7 Å². The molecule has 1 aliphatic rings. The van der Waals surface area contributed by atoms with Crippen LogP contribution in [0.2, 0.25) is 0 Å². The molecule has 0 aliphatic carbocycles. The Morgan fingerprint density at radius 2 is 2.14 bits per heavy atom. The summed E-state index contributed by atoms with van der Waals surface area (Å²) in [4.78, 5) is 20.2. The number of nitrogens with zero attached hydrogens (tertiary/aromatic N) is 3. The van der Waals surface area contributed by atoms with Gasteiger partial charge < -0.3 is 10.0 Å². The van der Waals surface area contributed by atoms with Gasteiger partial charge >= 0.3 is 6.03 Å². The fourth-order valence-corrected chi connectivity index (χ4v) is 3.00. The van der Waals surface area contributed by atoms with Crippen LogP contribution in [0.5, 0.6) is 5.75 Å². The molecule has 7 heteroatoms. The monoisotopic (exact) mass is 318 g/mol. The zero-order valence-corrected chi connectivity index (χ0v) is 12.9. The standard InChI is InChI=1S/C15H18N4O2S/c20-13-3-1-2-12(10-13)11-18-5-7-19(8-6-18)15(21)17-14-16-4-9-22-14/h1-4,9-10,20H,5-8,11H2,(H,16,17,21). The summed E-state index contributed by atoms with van der Waals surface area (Å²) in [6, 6.07) is 7.21. The fraction of sp³-hybridized carbons (Fsp3) is 0.333. The summed E-state index contributed by atoms with van der Waals surface area (Å²) < 4.78 is 0. The highest BCUT2D eigenvalue weighted by molar-refractivity contribution is 7.13. The highest BCUT2D eigenvalue weighted by atomic mass is 32.1. The molecule has 0 spiro atoms. The van der Waals surface area contributed by atoms with Crippen molar-refractivity contribution in [3.63, 3.8) is 0 Å². The van der Waals surface area contributed by atoms with E-state index in [9.17, 15) is 9.90 Å². The molecule has 2 aromatic rings. The Morgan fingerprint density at radius 3 is 2.82 bits per heavy atom. The van der Waals surface area contributed by atoms with E-state index in [0.717, 1.165) is 25.2 Å². The Kier molecular flexibility index (Phi) is 4.55. The number of piperazine rings is 1. The smallest absolute Gasteiger partial charge is 0.323 e. The first-order valence-corrected chi connectivity index (χ1v) is 8.04. The number of benzene rings is 1. The SMILES string of the molecule is O=C(Nc1nccs1)N1CCN(Cc2cccc(O)c2)CC1. The summed E-state index contributed by atoms with van der Waals surface area (Å²) in [6.45, 7) is 3.81. The predicted octanol–water partition coefficient (Wildman–Crippen LogP) is 2.20. The van der Waals surface area contributed by atoms with E-state index in [0.29, 0.717) is 24.0 Å². The summed E-state index contributed by atoms with van der Waals surface area (Å²) in [5.74, 6) is 0.291. The van der Waals surface area contributed by atoms with Crippen LogP contribution in [0.1, 0.15) is 5.56 Å². The normalized spacial score (nSPS) is 15.7. The van der Waals surface area contributed by atoms with Gasteiger partial charge in [0.15, 0.2) is 5.13 Å². The van der Waals surface area contributed by atoms with Gasteiger partial charge in [0, 0.05) is 44.3 Å². The minimum Gasteiger partial charge on any atom is -0.508 e. The molecule has 1 saturated heterocycles. The fourth-order valence-electron chi connectivity index (χ4n) is 2.48. The zero-order chi connectivity index (χ0) is 15.4. The minimum atomic E-state index is -0.0908. The summed E-state index contributed by atoms with van der Waals surface area (Å²) in [7, 11) is 0. The molecule has 2 heterocycles. The molecule has 1 fully saturated rings. The maximum Gasteiger partial charge on any atom is 0.323 e. The number of carbonyl (C=O) groups excluding carboxylic acids is 1. The number of carbonyl (C=O) groups is 1. The molecule has 0 bridgehead atoms. The number of hydrogen-bond donors (Lipinski definition) is 2. The van der Waals surface area contributed by atoms with Crippen LogP contribution in [0.15, 0.2) is 35.8 Å². The van der Waals surface area contributed by atoms with E-state index in [1.807, 2.05) is 17.5 Å². The molecule has 1 aromatic heterocycles. The van der Waals surface area contributed by atoms with Crippen LogP contribution in [-0.4, -0.2) is 52.1 Å². The van der Waals surface area contributed by atoms with Gasteiger partial charge in [-0.2, -0.15) is 0 Å². The molecule has 1 aliphatic heterocycles. The van der Waals surface area contributed by atoms with Gasteiger partial charge in [-0.25, -0.2) is 9.78 Å². The highest BCUT2D eigenvalue weighted by Gasteiger charge is 2.21. The van der Waals surface area contributed by atoms with E-state index in [1.165, 1.54) is 11.3 Å². The Labute approximate surface area is 133 Å². The van der Waals surface area contributed by atoms with Crippen molar-refractivity contribution >= 4 is 22.5 Å². The van der Waals surface area contributed by atoms with Crippen LogP contribution < -0.4 is 5.32 Å². The van der Waals surface area contributed by atoms with Crippen LogP contribution in [0.25, 0.3) is 0 Å². The van der Waals surface area contributed by atoms with E-state index in [2.05, 4.69) is 15.2 Å². The van der Waals surface area contributed by atoms with E-state index in [-0.39, 0.29) is 6.03 Å².